The van der Waals surface area contributed by atoms with Gasteiger partial charge in [-0.2, -0.15) is 5.10 Å². The molecule has 1 fully saturated rings. The molecule has 0 atom stereocenters. The van der Waals surface area contributed by atoms with Gasteiger partial charge in [0.1, 0.15) is 17.7 Å². The first-order chi connectivity index (χ1) is 20.2. The van der Waals surface area contributed by atoms with Gasteiger partial charge in [-0.3, -0.25) is 14.3 Å². The van der Waals surface area contributed by atoms with Gasteiger partial charge in [-0.15, -0.1) is 0 Å². The summed E-state index contributed by atoms with van der Waals surface area (Å²) in [7, 11) is 2.17. The van der Waals surface area contributed by atoms with Crippen LogP contribution in [0.3, 0.4) is 0 Å². The topological polar surface area (TPSA) is 84.1 Å². The maximum Gasteiger partial charge on any atom is 0.229 e. The number of amides is 1. The summed E-state index contributed by atoms with van der Waals surface area (Å²) in [5.41, 5.74) is 6.46. The van der Waals surface area contributed by atoms with Gasteiger partial charge in [-0.1, -0.05) is 45.0 Å². The number of carbonyl (C=O) groups excluding carboxylic acids is 1. The summed E-state index contributed by atoms with van der Waals surface area (Å²) in [4.78, 5) is 27.0. The van der Waals surface area contributed by atoms with Crippen LogP contribution in [0.15, 0.2) is 79.3 Å². The van der Waals surface area contributed by atoms with Gasteiger partial charge in [0.15, 0.2) is 5.65 Å². The molecular weight excluding hydrogens is 524 g/mol. The Hall–Kier alpha value is -4.34. The van der Waals surface area contributed by atoms with Crippen molar-refractivity contribution in [2.24, 2.45) is 0 Å². The zero-order valence-electron chi connectivity index (χ0n) is 24.8. The van der Waals surface area contributed by atoms with Crippen molar-refractivity contribution in [1.29, 1.82) is 0 Å². The van der Waals surface area contributed by atoms with Crippen LogP contribution in [0.4, 0.5) is 5.82 Å². The Kier molecular flexibility index (Phi) is 7.62. The summed E-state index contributed by atoms with van der Waals surface area (Å²) in [5, 5.41) is 8.08. The molecule has 216 valence electrons. The van der Waals surface area contributed by atoms with E-state index in [2.05, 4.69) is 77.2 Å². The highest BCUT2D eigenvalue weighted by atomic mass is 16.1. The SMILES string of the molecule is CN1CCN(Cc2cccc(-n3nc(C(C)(C)C)cc3NC(=O)Cc3ccc(-n4cnc5cccnc54)cc3)c2)CC1. The van der Waals surface area contributed by atoms with Gasteiger partial charge in [0.2, 0.25) is 5.91 Å². The average Bonchev–Trinajstić information content (AvgIpc) is 3.60. The van der Waals surface area contributed by atoms with Crippen LogP contribution in [0.25, 0.3) is 22.5 Å². The van der Waals surface area contributed by atoms with Crippen LogP contribution in [0.1, 0.15) is 37.6 Å². The zero-order chi connectivity index (χ0) is 29.3. The molecule has 9 heteroatoms. The van der Waals surface area contributed by atoms with Crippen LogP contribution in [-0.2, 0) is 23.2 Å². The minimum Gasteiger partial charge on any atom is -0.310 e. The van der Waals surface area contributed by atoms with Crippen LogP contribution in [0, 0.1) is 0 Å². The van der Waals surface area contributed by atoms with E-state index >= 15 is 0 Å². The molecule has 0 bridgehead atoms. The quantitative estimate of drug-likeness (QED) is 0.306. The smallest absolute Gasteiger partial charge is 0.229 e. The number of likely N-dealkylation sites (N-methyl/N-ethyl adjacent to an activating group) is 1. The fourth-order valence-corrected chi connectivity index (χ4v) is 5.27. The van der Waals surface area contributed by atoms with Gasteiger partial charge in [0.05, 0.1) is 17.8 Å². The van der Waals surface area contributed by atoms with Gasteiger partial charge in [0, 0.05) is 56.1 Å². The molecule has 5 aromatic rings. The highest BCUT2D eigenvalue weighted by molar-refractivity contribution is 5.92. The number of anilines is 1. The molecule has 1 aliphatic heterocycles. The molecular formula is C33H38N8O. The molecule has 0 saturated carbocycles. The molecule has 42 heavy (non-hydrogen) atoms. The van der Waals surface area contributed by atoms with Gasteiger partial charge in [-0.25, -0.2) is 14.6 Å². The monoisotopic (exact) mass is 562 g/mol. The molecule has 1 aliphatic rings. The van der Waals surface area contributed by atoms with E-state index in [9.17, 15) is 4.79 Å². The van der Waals surface area contributed by atoms with Crippen molar-refractivity contribution in [3.8, 4) is 11.4 Å². The van der Waals surface area contributed by atoms with E-state index in [-0.39, 0.29) is 17.7 Å². The summed E-state index contributed by atoms with van der Waals surface area (Å²) in [6.45, 7) is 11.6. The minimum absolute atomic E-state index is 0.0901. The summed E-state index contributed by atoms with van der Waals surface area (Å²) in [6, 6.07) is 22.2. The fourth-order valence-electron chi connectivity index (χ4n) is 5.27. The zero-order valence-corrected chi connectivity index (χ0v) is 24.8. The molecule has 6 rings (SSSR count). The molecule has 0 unspecified atom stereocenters. The van der Waals surface area contributed by atoms with E-state index in [4.69, 9.17) is 5.10 Å². The van der Waals surface area contributed by atoms with Crippen molar-refractivity contribution >= 4 is 22.9 Å². The fraction of sp³-hybridized carbons (Fsp3) is 0.333. The number of benzene rings is 2. The van der Waals surface area contributed by atoms with E-state index in [1.807, 2.05) is 51.7 Å². The Morgan fingerprint density at radius 1 is 0.881 bits per heavy atom. The third-order valence-electron chi connectivity index (χ3n) is 7.79. The van der Waals surface area contributed by atoms with Gasteiger partial charge in [-0.05, 0) is 54.6 Å². The summed E-state index contributed by atoms with van der Waals surface area (Å²) in [6.07, 6.45) is 3.79. The lowest BCUT2D eigenvalue weighted by Gasteiger charge is -2.32. The Balaban J connectivity index is 1.19. The number of hydrogen-bond acceptors (Lipinski definition) is 6. The molecule has 3 aromatic heterocycles. The van der Waals surface area contributed by atoms with Crippen LogP contribution in [0.5, 0.6) is 0 Å². The summed E-state index contributed by atoms with van der Waals surface area (Å²) >= 11 is 0. The van der Waals surface area contributed by atoms with Crippen LogP contribution in [-0.4, -0.2) is 73.2 Å². The Morgan fingerprint density at radius 2 is 1.67 bits per heavy atom. The van der Waals surface area contributed by atoms with Crippen molar-refractivity contribution in [3.05, 3.63) is 96.1 Å². The largest absolute Gasteiger partial charge is 0.310 e. The molecule has 9 nitrogen and oxygen atoms in total. The molecule has 0 aliphatic carbocycles. The number of piperazine rings is 1. The molecule has 1 N–H and O–H groups in total. The van der Waals surface area contributed by atoms with Gasteiger partial charge < -0.3 is 10.2 Å². The standard InChI is InChI=1S/C33H38N8O/c1-33(2,3)29-21-30(41(37-29)27-8-5-7-25(19-27)22-39-17-15-38(4)16-18-39)36-31(42)20-24-10-12-26(13-11-24)40-23-35-28-9-6-14-34-32(28)40/h5-14,19,21,23H,15-18,20,22H2,1-4H3,(H,36,42). The molecule has 0 radical (unpaired) electrons. The lowest BCUT2D eigenvalue weighted by atomic mass is 9.92. The molecule has 2 aromatic carbocycles. The third-order valence-corrected chi connectivity index (χ3v) is 7.79. The number of carbonyl (C=O) groups is 1. The second-order valence-corrected chi connectivity index (χ2v) is 12.2. The highest BCUT2D eigenvalue weighted by Crippen LogP contribution is 2.27. The molecule has 1 saturated heterocycles. The first-order valence-corrected chi connectivity index (χ1v) is 14.5. The van der Waals surface area contributed by atoms with E-state index in [0.717, 1.165) is 66.5 Å². The second-order valence-electron chi connectivity index (χ2n) is 12.2. The van der Waals surface area contributed by atoms with E-state index in [0.29, 0.717) is 5.82 Å². The van der Waals surface area contributed by atoms with Crippen molar-refractivity contribution < 1.29 is 4.79 Å². The Morgan fingerprint density at radius 3 is 2.43 bits per heavy atom. The van der Waals surface area contributed by atoms with E-state index in [1.165, 1.54) is 5.56 Å². The predicted octanol–water partition coefficient (Wildman–Crippen LogP) is 4.83. The first-order valence-electron chi connectivity index (χ1n) is 14.5. The number of hydrogen-bond donors (Lipinski definition) is 1. The van der Waals surface area contributed by atoms with E-state index in [1.54, 1.807) is 12.5 Å². The molecule has 4 heterocycles. The third kappa shape index (κ3) is 6.12. The van der Waals surface area contributed by atoms with Crippen LogP contribution >= 0.6 is 0 Å². The lowest BCUT2D eigenvalue weighted by Crippen LogP contribution is -2.43. The van der Waals surface area contributed by atoms with Crippen molar-refractivity contribution in [3.63, 3.8) is 0 Å². The summed E-state index contributed by atoms with van der Waals surface area (Å²) < 4.78 is 3.82. The number of nitrogens with one attached hydrogen (secondary N) is 1. The number of fused-ring (bicyclic) bond motifs is 1. The maximum absolute atomic E-state index is 13.3. The number of nitrogens with zero attached hydrogens (tertiary/aromatic N) is 7. The van der Waals surface area contributed by atoms with Crippen LogP contribution < -0.4 is 5.32 Å². The van der Waals surface area contributed by atoms with Gasteiger partial charge in [0.25, 0.3) is 0 Å². The van der Waals surface area contributed by atoms with Crippen molar-refractivity contribution in [1.82, 2.24) is 34.1 Å². The highest BCUT2D eigenvalue weighted by Gasteiger charge is 2.22. The predicted molar refractivity (Wildman–Crippen MR) is 166 cm³/mol. The van der Waals surface area contributed by atoms with E-state index < -0.39 is 0 Å². The van der Waals surface area contributed by atoms with Crippen LogP contribution in [0.2, 0.25) is 0 Å². The lowest BCUT2D eigenvalue weighted by molar-refractivity contribution is -0.115. The van der Waals surface area contributed by atoms with Crippen molar-refractivity contribution in [2.45, 2.75) is 39.2 Å². The van der Waals surface area contributed by atoms with Gasteiger partial charge >= 0.3 is 0 Å². The molecule has 0 spiro atoms. The number of aromatic nitrogens is 5. The molecule has 1 amide bonds. The second kappa shape index (κ2) is 11.5. The average molecular weight is 563 g/mol. The maximum atomic E-state index is 13.3. The number of imidazole rings is 1. The normalized spacial score (nSPS) is 14.9. The Bertz CT molecular complexity index is 1690. The first kappa shape index (κ1) is 27.8. The number of pyridine rings is 1. The van der Waals surface area contributed by atoms with Crippen molar-refractivity contribution in [2.75, 3.05) is 38.5 Å². The minimum atomic E-state index is -0.162. The summed E-state index contributed by atoms with van der Waals surface area (Å²) in [5.74, 6) is 0.585. The number of rotatable bonds is 7. The Labute approximate surface area is 246 Å².